The van der Waals surface area contributed by atoms with Gasteiger partial charge in [-0.15, -0.1) is 0 Å². The molecule has 0 fully saturated rings. The van der Waals surface area contributed by atoms with Gasteiger partial charge in [0.1, 0.15) is 0 Å². The minimum atomic E-state index is 0.518. The molecule has 0 aromatic rings. The maximum absolute atomic E-state index is 5.42. The quantitative estimate of drug-likeness (QED) is 0.396. The Morgan fingerprint density at radius 2 is 1.47 bits per heavy atom. The third-order valence-electron chi connectivity index (χ3n) is 2.95. The summed E-state index contributed by atoms with van der Waals surface area (Å²) in [6.07, 6.45) is 10.3. The van der Waals surface area contributed by atoms with Gasteiger partial charge in [0, 0.05) is 13.2 Å². The van der Waals surface area contributed by atoms with E-state index in [0.717, 1.165) is 0 Å². The zero-order valence-corrected chi connectivity index (χ0v) is 12.0. The molecule has 3 nitrogen and oxygen atoms in total. The molecular formula is C14H31NO2. The molecule has 0 rings (SSSR count). The van der Waals surface area contributed by atoms with E-state index in [4.69, 9.17) is 9.57 Å². The van der Waals surface area contributed by atoms with E-state index in [9.17, 15) is 0 Å². The third-order valence-corrected chi connectivity index (χ3v) is 2.95. The first-order chi connectivity index (χ1) is 8.35. The van der Waals surface area contributed by atoms with Gasteiger partial charge in [0.2, 0.25) is 0 Å². The Labute approximate surface area is 107 Å². The van der Waals surface area contributed by atoms with Crippen LogP contribution in [0.25, 0.3) is 0 Å². The van der Waals surface area contributed by atoms with Crippen molar-refractivity contribution in [1.29, 1.82) is 0 Å². The lowest BCUT2D eigenvalue weighted by molar-refractivity contribution is -0.0155. The number of ether oxygens (including phenoxy) is 1. The topological polar surface area (TPSA) is 30.5 Å². The lowest BCUT2D eigenvalue weighted by Crippen LogP contribution is -2.30. The van der Waals surface area contributed by atoms with Crippen molar-refractivity contribution < 1.29 is 9.57 Å². The first-order valence-electron chi connectivity index (χ1n) is 7.21. The summed E-state index contributed by atoms with van der Waals surface area (Å²) >= 11 is 0. The molecule has 0 aromatic heterocycles. The van der Waals surface area contributed by atoms with E-state index < -0.39 is 0 Å². The fourth-order valence-electron chi connectivity index (χ4n) is 1.85. The van der Waals surface area contributed by atoms with E-state index in [1.54, 1.807) is 7.11 Å². The second-order valence-electron chi connectivity index (χ2n) is 4.65. The summed E-state index contributed by atoms with van der Waals surface area (Å²) in [6.45, 7) is 5.78. The molecule has 0 atom stereocenters. The van der Waals surface area contributed by atoms with Gasteiger partial charge in [-0.2, -0.15) is 5.48 Å². The molecule has 0 aliphatic carbocycles. The van der Waals surface area contributed by atoms with E-state index in [1.165, 1.54) is 51.4 Å². The molecule has 0 saturated heterocycles. The Bertz CT molecular complexity index is 132. The van der Waals surface area contributed by atoms with Crippen LogP contribution in [0.15, 0.2) is 0 Å². The lowest BCUT2D eigenvalue weighted by atomic mass is 10.0. The van der Waals surface area contributed by atoms with E-state index in [-0.39, 0.29) is 0 Å². The Balaban J connectivity index is 3.60. The molecule has 0 aromatic carbocycles. The summed E-state index contributed by atoms with van der Waals surface area (Å²) in [4.78, 5) is 5.42. The fourth-order valence-corrected chi connectivity index (χ4v) is 1.85. The molecule has 0 radical (unpaired) electrons. The van der Waals surface area contributed by atoms with Crippen LogP contribution in [0.2, 0.25) is 0 Å². The van der Waals surface area contributed by atoms with Crippen molar-refractivity contribution in [2.45, 2.75) is 71.3 Å². The molecule has 0 saturated carbocycles. The van der Waals surface area contributed by atoms with Crippen LogP contribution in [0.1, 0.15) is 65.2 Å². The minimum Gasteiger partial charge on any atom is -0.382 e. The zero-order chi connectivity index (χ0) is 12.8. The summed E-state index contributed by atoms with van der Waals surface area (Å²) in [7, 11) is 1.70. The molecule has 0 aliphatic heterocycles. The zero-order valence-electron chi connectivity index (χ0n) is 12.0. The largest absolute Gasteiger partial charge is 0.382 e. The fraction of sp³-hybridized carbons (Fsp3) is 1.00. The van der Waals surface area contributed by atoms with Crippen molar-refractivity contribution in [1.82, 2.24) is 5.48 Å². The Morgan fingerprint density at radius 3 is 1.94 bits per heavy atom. The molecule has 0 bridgehead atoms. The van der Waals surface area contributed by atoms with E-state index in [2.05, 4.69) is 19.3 Å². The maximum Gasteiger partial charge on any atom is 0.0915 e. The second-order valence-corrected chi connectivity index (χ2v) is 4.65. The van der Waals surface area contributed by atoms with E-state index >= 15 is 0 Å². The van der Waals surface area contributed by atoms with Gasteiger partial charge in [-0.05, 0) is 12.8 Å². The van der Waals surface area contributed by atoms with E-state index in [0.29, 0.717) is 19.3 Å². The smallest absolute Gasteiger partial charge is 0.0915 e. The molecule has 1 N–H and O–H groups in total. The number of rotatable bonds is 13. The SMILES string of the molecule is CCCCCC(CCCCC)NOCCOC. The molecule has 0 aliphatic rings. The number of hydrogen-bond acceptors (Lipinski definition) is 3. The minimum absolute atomic E-state index is 0.518. The van der Waals surface area contributed by atoms with Crippen LogP contribution in [0.4, 0.5) is 0 Å². The summed E-state index contributed by atoms with van der Waals surface area (Å²) in [5.41, 5.74) is 3.19. The van der Waals surface area contributed by atoms with Crippen molar-refractivity contribution in [3.8, 4) is 0 Å². The van der Waals surface area contributed by atoms with Gasteiger partial charge in [0.15, 0.2) is 0 Å². The molecule has 0 unspecified atom stereocenters. The molecule has 17 heavy (non-hydrogen) atoms. The second kappa shape index (κ2) is 13.9. The van der Waals surface area contributed by atoms with Gasteiger partial charge in [0.25, 0.3) is 0 Å². The lowest BCUT2D eigenvalue weighted by Gasteiger charge is -2.18. The first-order valence-corrected chi connectivity index (χ1v) is 7.21. The van der Waals surface area contributed by atoms with Gasteiger partial charge in [-0.25, -0.2) is 0 Å². The van der Waals surface area contributed by atoms with Gasteiger partial charge in [-0.1, -0.05) is 52.4 Å². The Kier molecular flexibility index (Phi) is 13.8. The summed E-state index contributed by atoms with van der Waals surface area (Å²) in [5, 5.41) is 0. The molecule has 3 heteroatoms. The normalized spacial score (nSPS) is 11.3. The standard InChI is InChI=1S/C14H31NO2/c1-4-6-8-10-14(11-9-7-5-2)15-17-13-12-16-3/h14-15H,4-13H2,1-3H3. The van der Waals surface area contributed by atoms with Crippen LogP contribution >= 0.6 is 0 Å². The van der Waals surface area contributed by atoms with Crippen LogP contribution in [-0.2, 0) is 9.57 Å². The average Bonchev–Trinajstić information content (AvgIpc) is 2.34. The highest BCUT2D eigenvalue weighted by Crippen LogP contribution is 2.10. The van der Waals surface area contributed by atoms with Crippen LogP contribution in [0.5, 0.6) is 0 Å². The van der Waals surface area contributed by atoms with Crippen LogP contribution in [0, 0.1) is 0 Å². The van der Waals surface area contributed by atoms with Gasteiger partial charge in [0.05, 0.1) is 13.2 Å². The summed E-state index contributed by atoms with van der Waals surface area (Å²) in [5.74, 6) is 0. The highest BCUT2D eigenvalue weighted by molar-refractivity contribution is 4.62. The van der Waals surface area contributed by atoms with Crippen LogP contribution in [-0.4, -0.2) is 26.4 Å². The number of methoxy groups -OCH3 is 1. The van der Waals surface area contributed by atoms with Crippen LogP contribution < -0.4 is 5.48 Å². The van der Waals surface area contributed by atoms with Crippen molar-refractivity contribution in [3.05, 3.63) is 0 Å². The van der Waals surface area contributed by atoms with Crippen molar-refractivity contribution >= 4 is 0 Å². The van der Waals surface area contributed by atoms with Gasteiger partial charge < -0.3 is 4.74 Å². The third kappa shape index (κ3) is 12.1. The number of nitrogens with one attached hydrogen (secondary N) is 1. The molecule has 0 amide bonds. The molecule has 0 spiro atoms. The van der Waals surface area contributed by atoms with Gasteiger partial charge in [-0.3, -0.25) is 4.84 Å². The van der Waals surface area contributed by atoms with Crippen LogP contribution in [0.3, 0.4) is 0 Å². The Morgan fingerprint density at radius 1 is 0.882 bits per heavy atom. The first kappa shape index (κ1) is 16.9. The maximum atomic E-state index is 5.42. The van der Waals surface area contributed by atoms with Crippen molar-refractivity contribution in [2.24, 2.45) is 0 Å². The average molecular weight is 245 g/mol. The van der Waals surface area contributed by atoms with E-state index in [1.807, 2.05) is 0 Å². The Hall–Kier alpha value is -0.120. The molecule has 0 heterocycles. The summed E-state index contributed by atoms with van der Waals surface area (Å²) in [6, 6.07) is 0.518. The number of hydrogen-bond donors (Lipinski definition) is 1. The number of unbranched alkanes of at least 4 members (excludes halogenated alkanes) is 4. The monoisotopic (exact) mass is 245 g/mol. The number of hydroxylamine groups is 1. The van der Waals surface area contributed by atoms with Crippen molar-refractivity contribution in [2.75, 3.05) is 20.3 Å². The molecule has 104 valence electrons. The summed E-state index contributed by atoms with van der Waals surface area (Å²) < 4.78 is 4.96. The molecular weight excluding hydrogens is 214 g/mol. The van der Waals surface area contributed by atoms with Gasteiger partial charge >= 0.3 is 0 Å². The highest BCUT2D eigenvalue weighted by Gasteiger charge is 2.07. The van der Waals surface area contributed by atoms with Crippen molar-refractivity contribution in [3.63, 3.8) is 0 Å². The predicted octanol–water partition coefficient (Wildman–Crippen LogP) is 3.68. The highest BCUT2D eigenvalue weighted by atomic mass is 16.7. The predicted molar refractivity (Wildman–Crippen MR) is 73.0 cm³/mol.